The average molecular weight is 431 g/mol. The van der Waals surface area contributed by atoms with E-state index < -0.39 is 0 Å². The van der Waals surface area contributed by atoms with Gasteiger partial charge in [-0.1, -0.05) is 60.7 Å². The van der Waals surface area contributed by atoms with Gasteiger partial charge in [-0.3, -0.25) is 9.59 Å². The Bertz CT molecular complexity index is 1070. The molecule has 7 nitrogen and oxygen atoms in total. The number of carbonyl (C=O) groups excluding carboxylic acids is 2. The largest absolute Gasteiger partial charge is 0.469 e. The van der Waals surface area contributed by atoms with Crippen LogP contribution in [0.2, 0.25) is 0 Å². The van der Waals surface area contributed by atoms with Gasteiger partial charge in [-0.15, -0.1) is 0 Å². The Labute approximate surface area is 187 Å². The third kappa shape index (κ3) is 6.50. The van der Waals surface area contributed by atoms with Crippen LogP contribution < -0.4 is 5.32 Å². The molecule has 0 atom stereocenters. The second-order valence-corrected chi connectivity index (χ2v) is 7.09. The maximum absolute atomic E-state index is 13.5. The predicted octanol–water partition coefficient (Wildman–Crippen LogP) is 4.29. The number of nitrogens with one attached hydrogen (secondary N) is 1. The van der Waals surface area contributed by atoms with Gasteiger partial charge < -0.3 is 15.0 Å². The molecule has 0 aliphatic carbocycles. The summed E-state index contributed by atoms with van der Waals surface area (Å²) in [6.07, 6.45) is 5.19. The molecule has 3 rings (SSSR count). The number of benzene rings is 2. The lowest BCUT2D eigenvalue weighted by Crippen LogP contribution is -2.31. The van der Waals surface area contributed by atoms with E-state index in [1.165, 1.54) is 7.11 Å². The summed E-state index contributed by atoms with van der Waals surface area (Å²) in [6.45, 7) is 2.51. The van der Waals surface area contributed by atoms with Crippen LogP contribution in [0.4, 0.5) is 11.5 Å². The fourth-order valence-electron chi connectivity index (χ4n) is 3.04. The molecular formula is C25H26N4O3. The van der Waals surface area contributed by atoms with Crippen molar-refractivity contribution < 1.29 is 14.3 Å². The number of methoxy groups -OCH3 is 1. The minimum absolute atomic E-state index is 0.151. The zero-order valence-corrected chi connectivity index (χ0v) is 18.2. The fraction of sp³-hybridized carbons (Fsp3) is 0.200. The Hall–Kier alpha value is -4.00. The minimum Gasteiger partial charge on any atom is -0.469 e. The van der Waals surface area contributed by atoms with Gasteiger partial charge in [0, 0.05) is 25.0 Å². The van der Waals surface area contributed by atoms with Crippen LogP contribution in [0.25, 0.3) is 0 Å². The van der Waals surface area contributed by atoms with Crippen molar-refractivity contribution in [1.82, 2.24) is 14.9 Å². The first-order chi connectivity index (χ1) is 15.6. The van der Waals surface area contributed by atoms with Gasteiger partial charge in [-0.2, -0.15) is 0 Å². The molecule has 32 heavy (non-hydrogen) atoms. The van der Waals surface area contributed by atoms with E-state index in [1.54, 1.807) is 30.2 Å². The normalized spacial score (nSPS) is 10.7. The van der Waals surface area contributed by atoms with E-state index in [0.29, 0.717) is 30.3 Å². The lowest BCUT2D eigenvalue weighted by Gasteiger charge is -2.23. The highest BCUT2D eigenvalue weighted by molar-refractivity contribution is 5.99. The predicted molar refractivity (Wildman–Crippen MR) is 123 cm³/mol. The summed E-state index contributed by atoms with van der Waals surface area (Å²) in [7, 11) is 1.35. The van der Waals surface area contributed by atoms with E-state index in [0.717, 1.165) is 11.3 Å². The Morgan fingerprint density at radius 3 is 2.41 bits per heavy atom. The quantitative estimate of drug-likeness (QED) is 0.403. The van der Waals surface area contributed by atoms with Gasteiger partial charge in [-0.05, 0) is 24.6 Å². The molecule has 164 valence electrons. The molecular weight excluding hydrogens is 404 g/mol. The highest BCUT2D eigenvalue weighted by Crippen LogP contribution is 2.21. The topological polar surface area (TPSA) is 84.4 Å². The summed E-state index contributed by atoms with van der Waals surface area (Å²) < 4.78 is 4.66. The maximum atomic E-state index is 13.5. The highest BCUT2D eigenvalue weighted by Gasteiger charge is 2.20. The molecule has 0 fully saturated rings. The van der Waals surface area contributed by atoms with Gasteiger partial charge >= 0.3 is 5.97 Å². The summed E-state index contributed by atoms with van der Waals surface area (Å²) in [5.41, 5.74) is 2.19. The molecule has 1 aromatic heterocycles. The molecule has 0 bridgehead atoms. The minimum atomic E-state index is -0.330. The van der Waals surface area contributed by atoms with Crippen molar-refractivity contribution in [2.45, 2.75) is 19.9 Å². The Morgan fingerprint density at radius 1 is 1.03 bits per heavy atom. The molecule has 1 heterocycles. The van der Waals surface area contributed by atoms with E-state index in [2.05, 4.69) is 20.0 Å². The lowest BCUT2D eigenvalue weighted by molar-refractivity contribution is -0.139. The number of esters is 1. The van der Waals surface area contributed by atoms with Crippen LogP contribution in [0, 0.1) is 6.92 Å². The number of anilines is 2. The number of nitrogens with zero attached hydrogens (tertiary/aromatic N) is 3. The van der Waals surface area contributed by atoms with E-state index in [9.17, 15) is 9.59 Å². The summed E-state index contributed by atoms with van der Waals surface area (Å²) in [4.78, 5) is 35.3. The van der Waals surface area contributed by atoms with Crippen molar-refractivity contribution in [3.05, 3.63) is 96.0 Å². The fourth-order valence-corrected chi connectivity index (χ4v) is 3.04. The van der Waals surface area contributed by atoms with Crippen LogP contribution in [0.5, 0.6) is 0 Å². The number of hydrogen-bond donors (Lipinski definition) is 1. The van der Waals surface area contributed by atoms with Crippen molar-refractivity contribution in [3.63, 3.8) is 0 Å². The molecule has 0 saturated carbocycles. The number of aryl methyl sites for hydroxylation is 1. The van der Waals surface area contributed by atoms with Crippen LogP contribution in [-0.2, 0) is 16.1 Å². The zero-order chi connectivity index (χ0) is 22.8. The molecule has 2 aromatic carbocycles. The van der Waals surface area contributed by atoms with Gasteiger partial charge in [0.15, 0.2) is 0 Å². The first kappa shape index (κ1) is 22.7. The number of ether oxygens (including phenoxy) is 1. The summed E-state index contributed by atoms with van der Waals surface area (Å²) >= 11 is 0. The molecule has 0 radical (unpaired) electrons. The second kappa shape index (κ2) is 11.4. The molecule has 0 spiro atoms. The summed E-state index contributed by atoms with van der Waals surface area (Å²) in [6, 6.07) is 19.3. The third-order valence-corrected chi connectivity index (χ3v) is 4.68. The molecule has 7 heteroatoms. The Balaban J connectivity index is 1.86. The number of amides is 1. The first-order valence-electron chi connectivity index (χ1n) is 10.3. The zero-order valence-electron chi connectivity index (χ0n) is 18.2. The second-order valence-electron chi connectivity index (χ2n) is 7.09. The van der Waals surface area contributed by atoms with Crippen molar-refractivity contribution in [2.75, 3.05) is 19.0 Å². The van der Waals surface area contributed by atoms with Crippen molar-refractivity contribution >= 4 is 23.4 Å². The van der Waals surface area contributed by atoms with Crippen molar-refractivity contribution in [3.8, 4) is 0 Å². The SMILES string of the molecule is COC(=O)C/C=C/CN(Cc1ccccc1)C(=O)c1cnc(C)nc1Nc1ccccc1. The van der Waals surface area contributed by atoms with Gasteiger partial charge in [-0.25, -0.2) is 9.97 Å². The number of rotatable bonds is 9. The smallest absolute Gasteiger partial charge is 0.309 e. The van der Waals surface area contributed by atoms with Gasteiger partial charge in [0.05, 0.1) is 13.5 Å². The van der Waals surface area contributed by atoms with E-state index in [-0.39, 0.29) is 18.3 Å². The van der Waals surface area contributed by atoms with E-state index in [4.69, 9.17) is 0 Å². The van der Waals surface area contributed by atoms with Crippen LogP contribution in [0.3, 0.4) is 0 Å². The van der Waals surface area contributed by atoms with Gasteiger partial charge in [0.1, 0.15) is 17.2 Å². The number of hydrogen-bond acceptors (Lipinski definition) is 6. The van der Waals surface area contributed by atoms with Crippen molar-refractivity contribution in [2.24, 2.45) is 0 Å². The molecule has 0 aliphatic heterocycles. The van der Waals surface area contributed by atoms with Crippen molar-refractivity contribution in [1.29, 1.82) is 0 Å². The third-order valence-electron chi connectivity index (χ3n) is 4.68. The number of para-hydroxylation sites is 1. The lowest BCUT2D eigenvalue weighted by atomic mass is 10.1. The molecule has 0 unspecified atom stereocenters. The standard InChI is InChI=1S/C25H26N4O3/c1-19-26-17-22(24(27-19)28-21-13-7-4-8-14-21)25(31)29(16-10-9-15-23(30)32-2)18-20-11-5-3-6-12-20/h3-14,17H,15-16,18H2,1-2H3,(H,26,27,28)/b10-9+. The van der Waals surface area contributed by atoms with Gasteiger partial charge in [0.2, 0.25) is 0 Å². The Morgan fingerprint density at radius 2 is 1.72 bits per heavy atom. The summed E-state index contributed by atoms with van der Waals surface area (Å²) in [5, 5.41) is 3.22. The van der Waals surface area contributed by atoms with Gasteiger partial charge in [0.25, 0.3) is 5.91 Å². The van der Waals surface area contributed by atoms with E-state index in [1.807, 2.05) is 60.7 Å². The monoisotopic (exact) mass is 430 g/mol. The molecule has 0 saturated heterocycles. The molecule has 1 N–H and O–H groups in total. The van der Waals surface area contributed by atoms with Crippen LogP contribution >= 0.6 is 0 Å². The van der Waals surface area contributed by atoms with Crippen LogP contribution in [0.1, 0.15) is 28.2 Å². The maximum Gasteiger partial charge on any atom is 0.309 e. The highest BCUT2D eigenvalue weighted by atomic mass is 16.5. The van der Waals surface area contributed by atoms with Crippen LogP contribution in [0.15, 0.2) is 79.0 Å². The molecule has 0 aliphatic rings. The van der Waals surface area contributed by atoms with E-state index >= 15 is 0 Å². The first-order valence-corrected chi connectivity index (χ1v) is 10.3. The summed E-state index contributed by atoms with van der Waals surface area (Å²) in [5.74, 6) is 0.469. The average Bonchev–Trinajstić information content (AvgIpc) is 2.82. The number of carbonyl (C=O) groups is 2. The van der Waals surface area contributed by atoms with Crippen LogP contribution in [-0.4, -0.2) is 40.4 Å². The molecule has 1 amide bonds. The number of aromatic nitrogens is 2. The molecule has 3 aromatic rings. The Kier molecular flexibility index (Phi) is 8.09.